The van der Waals surface area contributed by atoms with E-state index >= 15 is 0 Å². The third kappa shape index (κ3) is 4.56. The second-order valence-corrected chi connectivity index (χ2v) is 6.99. The molecule has 0 heterocycles. The Morgan fingerprint density at radius 3 is 2.25 bits per heavy atom. The standard InChI is InChI=1S/C17H19NO5S/c1-11(2)23-15-7-4-13(5-8-15)17(19)18-14-6-9-16(12(3)10-14)24(20,21)22/h4-11H,1-3H3,(H,18,19)(H,20,21,22). The van der Waals surface area contributed by atoms with E-state index in [4.69, 9.17) is 9.29 Å². The first-order valence-electron chi connectivity index (χ1n) is 7.33. The Hall–Kier alpha value is -2.38. The van der Waals surface area contributed by atoms with Crippen LogP contribution in [0.1, 0.15) is 29.8 Å². The maximum Gasteiger partial charge on any atom is 0.294 e. The SMILES string of the molecule is Cc1cc(NC(=O)c2ccc(OC(C)C)cc2)ccc1S(=O)(=O)O. The molecule has 1 amide bonds. The Kier molecular flexibility index (Phi) is 5.26. The number of ether oxygens (including phenoxy) is 1. The smallest absolute Gasteiger partial charge is 0.294 e. The van der Waals surface area contributed by atoms with Gasteiger partial charge in [0, 0.05) is 11.3 Å². The van der Waals surface area contributed by atoms with Crippen molar-refractivity contribution in [2.75, 3.05) is 5.32 Å². The molecule has 0 bridgehead atoms. The van der Waals surface area contributed by atoms with E-state index in [9.17, 15) is 13.2 Å². The van der Waals surface area contributed by atoms with Crippen molar-refractivity contribution in [3.8, 4) is 5.75 Å². The highest BCUT2D eigenvalue weighted by molar-refractivity contribution is 7.85. The van der Waals surface area contributed by atoms with Crippen LogP contribution in [0.25, 0.3) is 0 Å². The van der Waals surface area contributed by atoms with Gasteiger partial charge in [-0.2, -0.15) is 8.42 Å². The van der Waals surface area contributed by atoms with Crippen LogP contribution in [0, 0.1) is 6.92 Å². The van der Waals surface area contributed by atoms with E-state index in [-0.39, 0.29) is 16.9 Å². The summed E-state index contributed by atoms with van der Waals surface area (Å²) in [6.07, 6.45) is 0.0500. The Bertz CT molecular complexity index is 842. The maximum atomic E-state index is 12.2. The second kappa shape index (κ2) is 7.02. The van der Waals surface area contributed by atoms with Crippen LogP contribution >= 0.6 is 0 Å². The Morgan fingerprint density at radius 1 is 1.12 bits per heavy atom. The molecule has 2 aromatic carbocycles. The molecule has 0 aliphatic heterocycles. The van der Waals surface area contributed by atoms with Gasteiger partial charge < -0.3 is 10.1 Å². The number of carbonyl (C=O) groups excluding carboxylic acids is 1. The molecule has 0 radical (unpaired) electrons. The molecule has 0 aliphatic carbocycles. The van der Waals surface area contributed by atoms with Gasteiger partial charge in [0.25, 0.3) is 16.0 Å². The van der Waals surface area contributed by atoms with Crippen LogP contribution in [0.2, 0.25) is 0 Å². The third-order valence-corrected chi connectivity index (χ3v) is 4.21. The summed E-state index contributed by atoms with van der Waals surface area (Å²) in [6, 6.07) is 10.9. The van der Waals surface area contributed by atoms with E-state index in [1.807, 2.05) is 13.8 Å². The van der Waals surface area contributed by atoms with Crippen LogP contribution in [0.4, 0.5) is 5.69 Å². The molecule has 0 aromatic heterocycles. The fourth-order valence-electron chi connectivity index (χ4n) is 2.18. The molecule has 0 atom stereocenters. The average Bonchev–Trinajstić information content (AvgIpc) is 2.46. The highest BCUT2D eigenvalue weighted by atomic mass is 32.2. The predicted octanol–water partition coefficient (Wildman–Crippen LogP) is 3.28. The van der Waals surface area contributed by atoms with Gasteiger partial charge in [-0.25, -0.2) is 0 Å². The maximum absolute atomic E-state index is 12.2. The van der Waals surface area contributed by atoms with Gasteiger partial charge in [0.05, 0.1) is 11.0 Å². The summed E-state index contributed by atoms with van der Waals surface area (Å²) >= 11 is 0. The number of carbonyl (C=O) groups is 1. The molecule has 0 saturated carbocycles. The number of benzene rings is 2. The average molecular weight is 349 g/mol. The number of hydrogen-bond donors (Lipinski definition) is 2. The number of aryl methyl sites for hydroxylation is 1. The molecular weight excluding hydrogens is 330 g/mol. The van der Waals surface area contributed by atoms with E-state index < -0.39 is 10.1 Å². The zero-order valence-electron chi connectivity index (χ0n) is 13.6. The molecule has 2 N–H and O–H groups in total. The summed E-state index contributed by atoms with van der Waals surface area (Å²) in [5.41, 5.74) is 1.23. The van der Waals surface area contributed by atoms with Gasteiger partial charge in [-0.3, -0.25) is 9.35 Å². The molecular formula is C17H19NO5S. The first-order chi connectivity index (χ1) is 11.2. The molecule has 7 heteroatoms. The summed E-state index contributed by atoms with van der Waals surface area (Å²) in [7, 11) is -4.27. The fourth-order valence-corrected chi connectivity index (χ4v) is 2.88. The van der Waals surface area contributed by atoms with Gasteiger partial charge >= 0.3 is 0 Å². The molecule has 2 rings (SSSR count). The normalized spacial score (nSPS) is 11.4. The van der Waals surface area contributed by atoms with E-state index in [1.54, 1.807) is 24.3 Å². The van der Waals surface area contributed by atoms with Crippen LogP contribution < -0.4 is 10.1 Å². The highest BCUT2D eigenvalue weighted by Crippen LogP contribution is 2.20. The van der Waals surface area contributed by atoms with E-state index in [2.05, 4.69) is 5.32 Å². The topological polar surface area (TPSA) is 92.7 Å². The number of nitrogens with one attached hydrogen (secondary N) is 1. The fraction of sp³-hybridized carbons (Fsp3) is 0.235. The molecule has 0 aliphatic rings. The van der Waals surface area contributed by atoms with Crippen LogP contribution in [0.15, 0.2) is 47.4 Å². The van der Waals surface area contributed by atoms with Crippen molar-refractivity contribution in [3.05, 3.63) is 53.6 Å². The van der Waals surface area contributed by atoms with E-state index in [0.29, 0.717) is 22.6 Å². The lowest BCUT2D eigenvalue weighted by molar-refractivity contribution is 0.102. The lowest BCUT2D eigenvalue weighted by atomic mass is 10.2. The van der Waals surface area contributed by atoms with Crippen molar-refractivity contribution in [2.24, 2.45) is 0 Å². The first-order valence-corrected chi connectivity index (χ1v) is 8.77. The molecule has 128 valence electrons. The minimum atomic E-state index is -4.27. The largest absolute Gasteiger partial charge is 0.491 e. The van der Waals surface area contributed by atoms with Crippen LogP contribution in [-0.2, 0) is 10.1 Å². The van der Waals surface area contributed by atoms with Crippen molar-refractivity contribution >= 4 is 21.7 Å². The Morgan fingerprint density at radius 2 is 1.75 bits per heavy atom. The van der Waals surface area contributed by atoms with E-state index in [1.165, 1.54) is 25.1 Å². The molecule has 6 nitrogen and oxygen atoms in total. The summed E-state index contributed by atoms with van der Waals surface area (Å²) in [6.45, 7) is 5.37. The summed E-state index contributed by atoms with van der Waals surface area (Å²) in [4.78, 5) is 12.0. The summed E-state index contributed by atoms with van der Waals surface area (Å²) in [5.74, 6) is 0.347. The predicted molar refractivity (Wildman–Crippen MR) is 91.2 cm³/mol. The van der Waals surface area contributed by atoms with Crippen molar-refractivity contribution < 1.29 is 22.5 Å². The highest BCUT2D eigenvalue weighted by Gasteiger charge is 2.14. The molecule has 0 fully saturated rings. The second-order valence-electron chi connectivity index (χ2n) is 5.60. The number of hydrogen-bond acceptors (Lipinski definition) is 4. The third-order valence-electron chi connectivity index (χ3n) is 3.20. The molecule has 0 spiro atoms. The summed E-state index contributed by atoms with van der Waals surface area (Å²) < 4.78 is 36.9. The minimum Gasteiger partial charge on any atom is -0.491 e. The number of anilines is 1. The van der Waals surface area contributed by atoms with Gasteiger partial charge in [-0.1, -0.05) is 0 Å². The molecule has 0 unspecified atom stereocenters. The van der Waals surface area contributed by atoms with Crippen molar-refractivity contribution in [1.29, 1.82) is 0 Å². The van der Waals surface area contributed by atoms with Crippen molar-refractivity contribution in [1.82, 2.24) is 0 Å². The van der Waals surface area contributed by atoms with Gasteiger partial charge in [-0.15, -0.1) is 0 Å². The zero-order valence-corrected chi connectivity index (χ0v) is 14.4. The Labute approximate surface area is 141 Å². The van der Waals surface area contributed by atoms with Crippen LogP contribution in [0.5, 0.6) is 5.75 Å². The van der Waals surface area contributed by atoms with Crippen molar-refractivity contribution in [2.45, 2.75) is 31.8 Å². The number of rotatable bonds is 5. The first kappa shape index (κ1) is 18.0. The van der Waals surface area contributed by atoms with Crippen LogP contribution in [0.3, 0.4) is 0 Å². The quantitative estimate of drug-likeness (QED) is 0.808. The van der Waals surface area contributed by atoms with Gasteiger partial charge in [-0.05, 0) is 68.8 Å². The Balaban J connectivity index is 2.13. The number of amides is 1. The lowest BCUT2D eigenvalue weighted by Gasteiger charge is -2.11. The molecule has 2 aromatic rings. The van der Waals surface area contributed by atoms with Crippen molar-refractivity contribution in [3.63, 3.8) is 0 Å². The van der Waals surface area contributed by atoms with Crippen LogP contribution in [-0.4, -0.2) is 25.0 Å². The van der Waals surface area contributed by atoms with Gasteiger partial charge in [0.2, 0.25) is 0 Å². The van der Waals surface area contributed by atoms with Gasteiger partial charge in [0.1, 0.15) is 5.75 Å². The minimum absolute atomic E-state index is 0.0500. The zero-order chi connectivity index (χ0) is 17.9. The van der Waals surface area contributed by atoms with E-state index in [0.717, 1.165) is 0 Å². The molecule has 0 saturated heterocycles. The molecule has 24 heavy (non-hydrogen) atoms. The monoisotopic (exact) mass is 349 g/mol. The summed E-state index contributed by atoms with van der Waals surface area (Å²) in [5, 5.41) is 2.68. The van der Waals surface area contributed by atoms with Gasteiger partial charge in [0.15, 0.2) is 0 Å². The lowest BCUT2D eigenvalue weighted by Crippen LogP contribution is -2.12.